The highest BCUT2D eigenvalue weighted by molar-refractivity contribution is 7.91. The summed E-state index contributed by atoms with van der Waals surface area (Å²) in [5.41, 5.74) is 0. The van der Waals surface area contributed by atoms with Crippen molar-refractivity contribution < 1.29 is 13.2 Å². The number of rotatable bonds is 4. The predicted molar refractivity (Wildman–Crippen MR) is 90.8 cm³/mol. The molecule has 1 atom stereocenters. The van der Waals surface area contributed by atoms with Crippen molar-refractivity contribution in [3.05, 3.63) is 17.5 Å². The SMILES string of the molecule is C[C@H](C(=O)N1CCCC1)C1CCN(S(=O)(=O)c2cccs2)CC1. The molecule has 7 heteroatoms. The summed E-state index contributed by atoms with van der Waals surface area (Å²) in [4.78, 5) is 14.5. The van der Waals surface area contributed by atoms with E-state index in [1.54, 1.807) is 21.8 Å². The smallest absolute Gasteiger partial charge is 0.252 e. The Morgan fingerprint density at radius 1 is 1.22 bits per heavy atom. The number of hydrogen-bond acceptors (Lipinski definition) is 4. The van der Waals surface area contributed by atoms with Crippen LogP contribution in [0.5, 0.6) is 0 Å². The normalized spacial score (nSPS) is 22.4. The summed E-state index contributed by atoms with van der Waals surface area (Å²) in [6.45, 7) is 4.81. The minimum atomic E-state index is -3.35. The van der Waals surface area contributed by atoms with E-state index in [1.165, 1.54) is 11.3 Å². The van der Waals surface area contributed by atoms with Crippen molar-refractivity contribution in [1.82, 2.24) is 9.21 Å². The molecule has 0 unspecified atom stereocenters. The van der Waals surface area contributed by atoms with Crippen LogP contribution in [0.2, 0.25) is 0 Å². The molecule has 2 aliphatic heterocycles. The molecule has 128 valence electrons. The molecule has 2 fully saturated rings. The first kappa shape index (κ1) is 16.9. The first-order valence-electron chi connectivity index (χ1n) is 8.32. The molecule has 0 spiro atoms. The molecule has 23 heavy (non-hydrogen) atoms. The van der Waals surface area contributed by atoms with Crippen molar-refractivity contribution >= 4 is 27.3 Å². The van der Waals surface area contributed by atoms with Crippen LogP contribution in [0.25, 0.3) is 0 Å². The highest BCUT2D eigenvalue weighted by Gasteiger charge is 2.35. The van der Waals surface area contributed by atoms with Crippen LogP contribution in [-0.4, -0.2) is 49.7 Å². The number of likely N-dealkylation sites (tertiary alicyclic amines) is 1. The second kappa shape index (κ2) is 6.91. The lowest BCUT2D eigenvalue weighted by Crippen LogP contribution is -2.43. The molecule has 5 nitrogen and oxygen atoms in total. The topological polar surface area (TPSA) is 57.7 Å². The van der Waals surface area contributed by atoms with Gasteiger partial charge in [0.05, 0.1) is 0 Å². The Labute approximate surface area is 142 Å². The zero-order valence-corrected chi connectivity index (χ0v) is 15.1. The van der Waals surface area contributed by atoms with Crippen LogP contribution in [0.1, 0.15) is 32.6 Å². The van der Waals surface area contributed by atoms with Gasteiger partial charge in [0, 0.05) is 32.1 Å². The van der Waals surface area contributed by atoms with Crippen LogP contribution in [-0.2, 0) is 14.8 Å². The number of amides is 1. The fourth-order valence-electron chi connectivity index (χ4n) is 3.58. The maximum Gasteiger partial charge on any atom is 0.252 e. The first-order valence-corrected chi connectivity index (χ1v) is 10.6. The summed E-state index contributed by atoms with van der Waals surface area (Å²) in [6.07, 6.45) is 3.75. The standard InChI is InChI=1S/C16H24N2O3S2/c1-13(16(19)17-8-2-3-9-17)14-6-10-18(11-7-14)23(20,21)15-5-4-12-22-15/h4-5,12-14H,2-3,6-11H2,1H3/t13-/m0/s1. The van der Waals surface area contributed by atoms with Crippen molar-refractivity contribution in [2.75, 3.05) is 26.2 Å². The first-order chi connectivity index (χ1) is 11.0. The van der Waals surface area contributed by atoms with E-state index < -0.39 is 10.0 Å². The molecule has 0 bridgehead atoms. The van der Waals surface area contributed by atoms with Gasteiger partial charge in [-0.1, -0.05) is 13.0 Å². The Balaban J connectivity index is 1.59. The quantitative estimate of drug-likeness (QED) is 0.832. The van der Waals surface area contributed by atoms with E-state index in [4.69, 9.17) is 0 Å². The van der Waals surface area contributed by atoms with Gasteiger partial charge in [-0.3, -0.25) is 4.79 Å². The lowest BCUT2D eigenvalue weighted by Gasteiger charge is -2.34. The molecule has 2 aliphatic rings. The summed E-state index contributed by atoms with van der Waals surface area (Å²) in [7, 11) is -3.35. The fourth-order valence-corrected chi connectivity index (χ4v) is 6.20. The summed E-state index contributed by atoms with van der Waals surface area (Å²) in [5.74, 6) is 0.541. The Morgan fingerprint density at radius 3 is 2.43 bits per heavy atom. The minimum absolute atomic E-state index is 0.000285. The van der Waals surface area contributed by atoms with Crippen LogP contribution in [0.4, 0.5) is 0 Å². The lowest BCUT2D eigenvalue weighted by molar-refractivity contribution is -0.136. The Morgan fingerprint density at radius 2 is 1.87 bits per heavy atom. The molecule has 1 aromatic heterocycles. The number of piperidine rings is 1. The summed E-state index contributed by atoms with van der Waals surface area (Å²) >= 11 is 1.26. The van der Waals surface area contributed by atoms with Crippen molar-refractivity contribution in [2.45, 2.75) is 36.8 Å². The van der Waals surface area contributed by atoms with Crippen LogP contribution in [0.3, 0.4) is 0 Å². The molecule has 1 aromatic rings. The maximum atomic E-state index is 12.5. The van der Waals surface area contributed by atoms with Crippen molar-refractivity contribution in [2.24, 2.45) is 11.8 Å². The highest BCUT2D eigenvalue weighted by Crippen LogP contribution is 2.31. The number of hydrogen-bond donors (Lipinski definition) is 0. The fraction of sp³-hybridized carbons (Fsp3) is 0.688. The van der Waals surface area contributed by atoms with E-state index in [0.29, 0.717) is 17.3 Å². The van der Waals surface area contributed by atoms with Gasteiger partial charge in [0.2, 0.25) is 5.91 Å². The van der Waals surface area contributed by atoms with E-state index in [-0.39, 0.29) is 17.7 Å². The van der Waals surface area contributed by atoms with Gasteiger partial charge < -0.3 is 4.90 Å². The summed E-state index contributed by atoms with van der Waals surface area (Å²) in [6, 6.07) is 3.42. The maximum absolute atomic E-state index is 12.5. The molecule has 0 aromatic carbocycles. The number of sulfonamides is 1. The minimum Gasteiger partial charge on any atom is -0.342 e. The molecule has 2 saturated heterocycles. The zero-order valence-electron chi connectivity index (χ0n) is 13.5. The molecule has 3 rings (SSSR count). The van der Waals surface area contributed by atoms with Crippen LogP contribution < -0.4 is 0 Å². The molecule has 0 N–H and O–H groups in total. The van der Waals surface area contributed by atoms with Gasteiger partial charge in [-0.2, -0.15) is 4.31 Å². The number of carbonyl (C=O) groups excluding carboxylic acids is 1. The van der Waals surface area contributed by atoms with Gasteiger partial charge in [-0.15, -0.1) is 11.3 Å². The van der Waals surface area contributed by atoms with E-state index in [0.717, 1.165) is 38.8 Å². The van der Waals surface area contributed by atoms with Gasteiger partial charge in [0.1, 0.15) is 4.21 Å². The molecule has 0 radical (unpaired) electrons. The third kappa shape index (κ3) is 3.46. The molecule has 3 heterocycles. The van der Waals surface area contributed by atoms with Crippen molar-refractivity contribution in [3.8, 4) is 0 Å². The number of nitrogens with zero attached hydrogens (tertiary/aromatic N) is 2. The van der Waals surface area contributed by atoms with Gasteiger partial charge in [-0.05, 0) is 43.0 Å². The Hall–Kier alpha value is -0.920. The van der Waals surface area contributed by atoms with E-state index in [1.807, 2.05) is 11.8 Å². The monoisotopic (exact) mass is 356 g/mol. The Kier molecular flexibility index (Phi) is 5.08. The van der Waals surface area contributed by atoms with Gasteiger partial charge in [-0.25, -0.2) is 8.42 Å². The summed E-state index contributed by atoms with van der Waals surface area (Å²) < 4.78 is 27.0. The van der Waals surface area contributed by atoms with Crippen LogP contribution in [0.15, 0.2) is 21.7 Å². The van der Waals surface area contributed by atoms with Gasteiger partial charge in [0.25, 0.3) is 10.0 Å². The van der Waals surface area contributed by atoms with Gasteiger partial charge >= 0.3 is 0 Å². The van der Waals surface area contributed by atoms with E-state index in [2.05, 4.69) is 0 Å². The van der Waals surface area contributed by atoms with Crippen LogP contribution in [0, 0.1) is 11.8 Å². The predicted octanol–water partition coefficient (Wildman–Crippen LogP) is 2.41. The number of carbonyl (C=O) groups is 1. The van der Waals surface area contributed by atoms with Gasteiger partial charge in [0.15, 0.2) is 0 Å². The molecule has 1 amide bonds. The van der Waals surface area contributed by atoms with Crippen LogP contribution >= 0.6 is 11.3 Å². The molecule has 0 saturated carbocycles. The highest BCUT2D eigenvalue weighted by atomic mass is 32.2. The largest absolute Gasteiger partial charge is 0.342 e. The third-order valence-electron chi connectivity index (χ3n) is 5.10. The third-order valence-corrected chi connectivity index (χ3v) is 8.37. The van der Waals surface area contributed by atoms with E-state index in [9.17, 15) is 13.2 Å². The molecular formula is C16H24N2O3S2. The average molecular weight is 357 g/mol. The molecular weight excluding hydrogens is 332 g/mol. The second-order valence-corrected chi connectivity index (χ2v) is 9.61. The Bertz CT molecular complexity index is 628. The number of thiophene rings is 1. The second-order valence-electron chi connectivity index (χ2n) is 6.49. The summed E-state index contributed by atoms with van der Waals surface area (Å²) in [5, 5.41) is 1.79. The lowest BCUT2D eigenvalue weighted by atomic mass is 9.85. The van der Waals surface area contributed by atoms with E-state index >= 15 is 0 Å². The van der Waals surface area contributed by atoms with Crippen molar-refractivity contribution in [1.29, 1.82) is 0 Å². The average Bonchev–Trinajstić information content (AvgIpc) is 3.26. The molecule has 0 aliphatic carbocycles. The zero-order chi connectivity index (χ0) is 16.4. The van der Waals surface area contributed by atoms with Crippen molar-refractivity contribution in [3.63, 3.8) is 0 Å².